The lowest BCUT2D eigenvalue weighted by Gasteiger charge is -2.29. The van der Waals surface area contributed by atoms with E-state index in [9.17, 15) is 14.3 Å². The third kappa shape index (κ3) is 4.20. The minimum Gasteiger partial charge on any atom is -0.489 e. The molecule has 1 fully saturated rings. The number of aliphatic hydroxyl groups is 1. The van der Waals surface area contributed by atoms with Gasteiger partial charge in [0.15, 0.2) is 11.5 Å². The number of aryl methyl sites for hydroxylation is 1. The third-order valence-corrected chi connectivity index (χ3v) is 7.59. The Morgan fingerprint density at radius 3 is 2.73 bits per heavy atom. The van der Waals surface area contributed by atoms with Gasteiger partial charge in [-0.2, -0.15) is 5.10 Å². The van der Waals surface area contributed by atoms with Crippen molar-refractivity contribution < 1.29 is 19.0 Å². The minimum atomic E-state index is -1.30. The summed E-state index contributed by atoms with van der Waals surface area (Å²) in [7, 11) is 1.85. The molecule has 0 unspecified atom stereocenters. The molecular formula is C29H29FN4O3. The number of nitrogens with two attached hydrogens (primary N) is 1. The number of pyridine rings is 1. The largest absolute Gasteiger partial charge is 0.489 e. The van der Waals surface area contributed by atoms with Crippen LogP contribution in [0.2, 0.25) is 0 Å². The summed E-state index contributed by atoms with van der Waals surface area (Å²) in [5.74, 6) is 0.161. The predicted octanol–water partition coefficient (Wildman–Crippen LogP) is 4.60. The minimum absolute atomic E-state index is 0.000858. The zero-order chi connectivity index (χ0) is 25.9. The maximum atomic E-state index is 13.6. The van der Waals surface area contributed by atoms with E-state index in [0.29, 0.717) is 28.3 Å². The summed E-state index contributed by atoms with van der Waals surface area (Å²) in [6, 6.07) is 13.3. The number of Topliss-reactive ketones (excluding diaryl/α,β-unsaturated/α-hetero) is 1. The highest BCUT2D eigenvalue weighted by Gasteiger charge is 2.48. The first-order valence-electron chi connectivity index (χ1n) is 12.6. The molecule has 190 valence electrons. The van der Waals surface area contributed by atoms with Gasteiger partial charge in [-0.15, -0.1) is 0 Å². The topological polar surface area (TPSA) is 103 Å². The number of hydrogen-bond donors (Lipinski definition) is 2. The van der Waals surface area contributed by atoms with E-state index in [1.165, 1.54) is 12.1 Å². The van der Waals surface area contributed by atoms with Crippen LogP contribution in [-0.4, -0.2) is 32.3 Å². The summed E-state index contributed by atoms with van der Waals surface area (Å²) in [6.07, 6.45) is 3.99. The molecule has 2 aliphatic rings. The predicted molar refractivity (Wildman–Crippen MR) is 138 cm³/mol. The van der Waals surface area contributed by atoms with Gasteiger partial charge in [-0.3, -0.25) is 9.48 Å². The fourth-order valence-corrected chi connectivity index (χ4v) is 5.30. The standard InChI is InChI=1S/C29H29FN4O3/c1-28(31)16-37-27-22(28)14-25(32-26(27)17-3-8-21(30)9-4-17)29(36,20-6-7-20)12-11-24(35)18-5-10-23-19(13-18)15-34(2)33-23/h3-5,8-10,13-15,20,36H,6-7,11-12,16,31H2,1-2H3/t28-,29+/m0/s1. The van der Waals surface area contributed by atoms with Gasteiger partial charge >= 0.3 is 0 Å². The zero-order valence-electron chi connectivity index (χ0n) is 20.9. The van der Waals surface area contributed by atoms with Crippen molar-refractivity contribution in [3.05, 3.63) is 77.4 Å². The average molecular weight is 501 g/mol. The zero-order valence-corrected chi connectivity index (χ0v) is 20.9. The van der Waals surface area contributed by atoms with Crippen LogP contribution in [0.15, 0.2) is 54.7 Å². The number of halogens is 1. The van der Waals surface area contributed by atoms with Crippen molar-refractivity contribution in [1.29, 1.82) is 0 Å². The van der Waals surface area contributed by atoms with Crippen molar-refractivity contribution in [2.75, 3.05) is 6.61 Å². The molecule has 37 heavy (non-hydrogen) atoms. The molecule has 7 nitrogen and oxygen atoms in total. The van der Waals surface area contributed by atoms with Gasteiger partial charge in [0.1, 0.15) is 23.7 Å². The van der Waals surface area contributed by atoms with Crippen molar-refractivity contribution >= 4 is 16.7 Å². The molecule has 6 rings (SSSR count). The van der Waals surface area contributed by atoms with Crippen LogP contribution in [0.5, 0.6) is 5.75 Å². The lowest BCUT2D eigenvalue weighted by atomic mass is 9.83. The molecule has 2 aromatic heterocycles. The number of carbonyl (C=O) groups is 1. The molecule has 2 aromatic carbocycles. The Labute approximate surface area is 214 Å². The molecule has 0 spiro atoms. The van der Waals surface area contributed by atoms with E-state index >= 15 is 0 Å². The summed E-state index contributed by atoms with van der Waals surface area (Å²) in [5.41, 5.74) is 8.35. The van der Waals surface area contributed by atoms with Gasteiger partial charge in [-0.25, -0.2) is 9.37 Å². The SMILES string of the molecule is Cn1cc2cc(C(=O)CC[C@](O)(c3cc4c(c(-c5ccc(F)cc5)n3)OC[C@]4(C)N)C3CC3)ccc2n1. The Morgan fingerprint density at radius 1 is 1.24 bits per heavy atom. The number of aromatic nitrogens is 3. The van der Waals surface area contributed by atoms with Gasteiger partial charge in [0, 0.05) is 41.7 Å². The molecule has 3 heterocycles. The van der Waals surface area contributed by atoms with E-state index in [-0.39, 0.29) is 37.0 Å². The van der Waals surface area contributed by atoms with Crippen LogP contribution in [0.3, 0.4) is 0 Å². The molecular weight excluding hydrogens is 471 g/mol. The number of benzene rings is 2. The molecule has 0 amide bonds. The van der Waals surface area contributed by atoms with Crippen LogP contribution in [-0.2, 0) is 18.2 Å². The van der Waals surface area contributed by atoms with E-state index in [1.807, 2.05) is 38.4 Å². The van der Waals surface area contributed by atoms with Crippen molar-refractivity contribution in [3.8, 4) is 17.0 Å². The molecule has 4 aromatic rings. The number of ketones is 1. The van der Waals surface area contributed by atoms with E-state index in [2.05, 4.69) is 5.10 Å². The summed E-state index contributed by atoms with van der Waals surface area (Å²) < 4.78 is 21.3. The molecule has 8 heteroatoms. The Balaban J connectivity index is 1.36. The maximum Gasteiger partial charge on any atom is 0.163 e. The van der Waals surface area contributed by atoms with Crippen molar-refractivity contribution in [3.63, 3.8) is 0 Å². The fourth-order valence-electron chi connectivity index (χ4n) is 5.30. The Hall–Kier alpha value is -3.62. The Bertz CT molecular complexity index is 1520. The number of hydrogen-bond acceptors (Lipinski definition) is 6. The van der Waals surface area contributed by atoms with Crippen LogP contribution >= 0.6 is 0 Å². The Morgan fingerprint density at radius 2 is 2.00 bits per heavy atom. The first-order valence-corrected chi connectivity index (χ1v) is 12.6. The summed E-state index contributed by atoms with van der Waals surface area (Å²) >= 11 is 0. The normalized spacial score (nSPS) is 20.5. The van der Waals surface area contributed by atoms with Crippen molar-refractivity contribution in [2.45, 2.75) is 43.7 Å². The monoisotopic (exact) mass is 500 g/mol. The summed E-state index contributed by atoms with van der Waals surface area (Å²) in [5, 5.41) is 17.3. The highest BCUT2D eigenvalue weighted by molar-refractivity contribution is 5.99. The van der Waals surface area contributed by atoms with E-state index < -0.39 is 11.1 Å². The number of fused-ring (bicyclic) bond motifs is 2. The number of nitrogens with zero attached hydrogens (tertiary/aromatic N) is 3. The number of ether oxygens (including phenoxy) is 1. The van der Waals surface area contributed by atoms with E-state index in [0.717, 1.165) is 29.3 Å². The second-order valence-corrected chi connectivity index (χ2v) is 10.6. The lowest BCUT2D eigenvalue weighted by molar-refractivity contribution is -0.00116. The first kappa shape index (κ1) is 23.8. The molecule has 3 N–H and O–H groups in total. The highest BCUT2D eigenvalue weighted by Crippen LogP contribution is 2.51. The highest BCUT2D eigenvalue weighted by atomic mass is 19.1. The molecule has 0 saturated heterocycles. The second kappa shape index (κ2) is 8.46. The van der Waals surface area contributed by atoms with E-state index in [4.69, 9.17) is 15.5 Å². The first-order chi connectivity index (χ1) is 17.6. The van der Waals surface area contributed by atoms with Gasteiger partial charge in [-0.1, -0.05) is 0 Å². The molecule has 1 aliphatic heterocycles. The van der Waals surface area contributed by atoms with E-state index in [1.54, 1.807) is 22.9 Å². The van der Waals surface area contributed by atoms with Crippen LogP contribution in [0.25, 0.3) is 22.2 Å². The van der Waals surface area contributed by atoms with Crippen LogP contribution in [0, 0.1) is 11.7 Å². The second-order valence-electron chi connectivity index (χ2n) is 10.6. The number of carbonyl (C=O) groups excluding carboxylic acids is 1. The van der Waals surface area contributed by atoms with Crippen LogP contribution in [0.1, 0.15) is 54.2 Å². The quantitative estimate of drug-likeness (QED) is 0.360. The summed E-state index contributed by atoms with van der Waals surface area (Å²) in [6.45, 7) is 2.16. The smallest absolute Gasteiger partial charge is 0.163 e. The number of rotatable bonds is 7. The van der Waals surface area contributed by atoms with Crippen molar-refractivity contribution in [1.82, 2.24) is 14.8 Å². The van der Waals surface area contributed by atoms with Crippen LogP contribution < -0.4 is 10.5 Å². The molecule has 1 aliphatic carbocycles. The van der Waals surface area contributed by atoms with Gasteiger partial charge in [-0.05, 0) is 80.6 Å². The van der Waals surface area contributed by atoms with Gasteiger partial charge in [0.25, 0.3) is 0 Å². The van der Waals surface area contributed by atoms with Crippen molar-refractivity contribution in [2.24, 2.45) is 18.7 Å². The average Bonchev–Trinajstić information content (AvgIpc) is 3.60. The maximum absolute atomic E-state index is 13.6. The molecule has 2 atom stereocenters. The third-order valence-electron chi connectivity index (χ3n) is 7.59. The molecule has 0 radical (unpaired) electrons. The molecule has 0 bridgehead atoms. The Kier molecular flexibility index (Phi) is 5.43. The van der Waals surface area contributed by atoms with Gasteiger partial charge in [0.05, 0.1) is 16.7 Å². The molecule has 1 saturated carbocycles. The van der Waals surface area contributed by atoms with Crippen LogP contribution in [0.4, 0.5) is 4.39 Å². The van der Waals surface area contributed by atoms with Gasteiger partial charge in [0.2, 0.25) is 0 Å². The fraction of sp³-hybridized carbons (Fsp3) is 0.345. The van der Waals surface area contributed by atoms with Gasteiger partial charge < -0.3 is 15.6 Å². The summed E-state index contributed by atoms with van der Waals surface area (Å²) in [4.78, 5) is 18.1. The lowest BCUT2D eigenvalue weighted by Crippen LogP contribution is -2.35.